The highest BCUT2D eigenvalue weighted by Gasteiger charge is 2.24. The molecular weight excluding hydrogens is 594 g/mol. The number of rotatable bonds is 9. The number of ether oxygens (including phenoxy) is 2. The molecule has 0 aliphatic carbocycles. The summed E-state index contributed by atoms with van der Waals surface area (Å²) >= 11 is 0. The zero-order chi connectivity index (χ0) is 31.9. The zero-order valence-corrected chi connectivity index (χ0v) is 25.0. The van der Waals surface area contributed by atoms with Crippen LogP contribution in [0.5, 0.6) is 5.88 Å². The summed E-state index contributed by atoms with van der Waals surface area (Å²) in [5.41, 5.74) is 4.70. The van der Waals surface area contributed by atoms with E-state index < -0.39 is 17.6 Å². The van der Waals surface area contributed by atoms with E-state index in [4.69, 9.17) is 9.47 Å². The molecule has 4 heterocycles. The molecule has 1 amide bonds. The first-order valence-electron chi connectivity index (χ1n) is 15.0. The molecule has 1 saturated heterocycles. The first-order chi connectivity index (χ1) is 22.2. The number of aromatic carboxylic acids is 1. The van der Waals surface area contributed by atoms with Crippen molar-refractivity contribution in [1.29, 1.82) is 0 Å². The molecular formula is C35H30F2N4O5. The van der Waals surface area contributed by atoms with Gasteiger partial charge in [-0.25, -0.2) is 23.5 Å². The van der Waals surface area contributed by atoms with Gasteiger partial charge in [0.25, 0.3) is 0 Å². The van der Waals surface area contributed by atoms with E-state index in [0.717, 1.165) is 35.2 Å². The predicted molar refractivity (Wildman–Crippen MR) is 164 cm³/mol. The van der Waals surface area contributed by atoms with Gasteiger partial charge in [0.15, 0.2) is 0 Å². The molecule has 5 aromatic rings. The fraction of sp³-hybridized carbons (Fsp3) is 0.257. The number of amides is 1. The summed E-state index contributed by atoms with van der Waals surface area (Å²) in [6, 6.07) is 17.8. The maximum atomic E-state index is 15.6. The lowest BCUT2D eigenvalue weighted by Crippen LogP contribution is -2.31. The van der Waals surface area contributed by atoms with Crippen LogP contribution in [0.3, 0.4) is 0 Å². The molecule has 0 radical (unpaired) electrons. The summed E-state index contributed by atoms with van der Waals surface area (Å²) in [7, 11) is 0. The van der Waals surface area contributed by atoms with Crippen LogP contribution in [0, 0.1) is 11.6 Å². The van der Waals surface area contributed by atoms with Gasteiger partial charge in [-0.2, -0.15) is 0 Å². The zero-order valence-electron chi connectivity index (χ0n) is 25.0. The van der Waals surface area contributed by atoms with E-state index in [1.165, 1.54) is 6.07 Å². The van der Waals surface area contributed by atoms with Crippen molar-refractivity contribution in [2.45, 2.75) is 52.1 Å². The van der Waals surface area contributed by atoms with Gasteiger partial charge in [-0.05, 0) is 65.1 Å². The number of halogens is 2. The number of carboxylic acids is 1. The summed E-state index contributed by atoms with van der Waals surface area (Å²) < 4.78 is 44.4. The van der Waals surface area contributed by atoms with Crippen molar-refractivity contribution < 1.29 is 33.0 Å². The highest BCUT2D eigenvalue weighted by molar-refractivity contribution is 5.92. The highest BCUT2D eigenvalue weighted by Crippen LogP contribution is 2.30. The minimum atomic E-state index is -1.06. The fourth-order valence-electron chi connectivity index (χ4n) is 5.93. The lowest BCUT2D eigenvalue weighted by atomic mass is 10.0. The monoisotopic (exact) mass is 624 g/mol. The number of carboxylic acid groups (broad SMARTS) is 1. The minimum Gasteiger partial charge on any atom is -0.478 e. The topological polar surface area (TPSA) is 107 Å². The van der Waals surface area contributed by atoms with Crippen LogP contribution in [0.4, 0.5) is 8.78 Å². The van der Waals surface area contributed by atoms with Gasteiger partial charge in [0, 0.05) is 44.7 Å². The summed E-state index contributed by atoms with van der Waals surface area (Å²) in [6.07, 6.45) is 0.779. The average Bonchev–Trinajstić information content (AvgIpc) is 3.60. The van der Waals surface area contributed by atoms with E-state index in [9.17, 15) is 14.7 Å². The third kappa shape index (κ3) is 5.81. The van der Waals surface area contributed by atoms with E-state index in [0.29, 0.717) is 43.1 Å². The lowest BCUT2D eigenvalue weighted by Gasteiger charge is -2.27. The van der Waals surface area contributed by atoms with E-state index >= 15 is 8.78 Å². The normalized spacial score (nSPS) is 15.5. The second kappa shape index (κ2) is 12.0. The third-order valence-corrected chi connectivity index (χ3v) is 8.56. The number of imidazole rings is 1. The van der Waals surface area contributed by atoms with Gasteiger partial charge in [0.2, 0.25) is 11.8 Å². The maximum absolute atomic E-state index is 15.6. The summed E-state index contributed by atoms with van der Waals surface area (Å²) in [4.78, 5) is 34.2. The Morgan fingerprint density at radius 2 is 1.83 bits per heavy atom. The molecule has 9 nitrogen and oxygen atoms in total. The number of hydrogen-bond acceptors (Lipinski definition) is 6. The number of carbonyl (C=O) groups excluding carboxylic acids is 1. The minimum absolute atomic E-state index is 0.00368. The number of nitrogens with zero attached hydrogens (tertiary/aromatic N) is 4. The van der Waals surface area contributed by atoms with Crippen LogP contribution in [0.2, 0.25) is 0 Å². The van der Waals surface area contributed by atoms with E-state index in [1.807, 2.05) is 22.8 Å². The number of pyridine rings is 1. The molecule has 234 valence electrons. The largest absolute Gasteiger partial charge is 0.478 e. The molecule has 0 spiro atoms. The number of aromatic nitrogens is 3. The SMILES string of the molecule is CC(=O)N1Cc2ccc(COc3cccc(-c4cc(F)c(Cc5nc6ccc(C(=O)O)cc6n5C[C@@H]5CCO5)cc4F)n3)cc2C1. The Labute approximate surface area is 263 Å². The van der Waals surface area contributed by atoms with Gasteiger partial charge in [-0.3, -0.25) is 4.79 Å². The van der Waals surface area contributed by atoms with Crippen LogP contribution >= 0.6 is 0 Å². The molecule has 7 rings (SSSR count). The number of fused-ring (bicyclic) bond motifs is 2. The van der Waals surface area contributed by atoms with E-state index in [2.05, 4.69) is 9.97 Å². The Morgan fingerprint density at radius 1 is 1.00 bits per heavy atom. The van der Waals surface area contributed by atoms with Crippen LogP contribution in [0.15, 0.2) is 66.7 Å². The first kappa shape index (κ1) is 29.5. The lowest BCUT2D eigenvalue weighted by molar-refractivity contribution is -0.129. The Hall–Kier alpha value is -5.16. The Balaban J connectivity index is 1.11. The van der Waals surface area contributed by atoms with Crippen molar-refractivity contribution in [1.82, 2.24) is 19.4 Å². The second-order valence-corrected chi connectivity index (χ2v) is 11.7. The Kier molecular flexibility index (Phi) is 7.69. The van der Waals surface area contributed by atoms with Gasteiger partial charge in [0.1, 0.15) is 24.1 Å². The van der Waals surface area contributed by atoms with Gasteiger partial charge >= 0.3 is 5.97 Å². The van der Waals surface area contributed by atoms with Gasteiger partial charge < -0.3 is 24.0 Å². The number of benzene rings is 3. The van der Waals surface area contributed by atoms with Crippen molar-refractivity contribution in [3.63, 3.8) is 0 Å². The van der Waals surface area contributed by atoms with Crippen molar-refractivity contribution in [2.75, 3.05) is 6.61 Å². The van der Waals surface area contributed by atoms with E-state index in [1.54, 1.807) is 42.2 Å². The smallest absolute Gasteiger partial charge is 0.335 e. The number of carbonyl (C=O) groups is 2. The quantitative estimate of drug-likeness (QED) is 0.218. The van der Waals surface area contributed by atoms with Crippen molar-refractivity contribution in [3.8, 4) is 17.1 Å². The molecule has 0 bridgehead atoms. The van der Waals surface area contributed by atoms with Crippen LogP contribution in [-0.4, -0.2) is 49.1 Å². The predicted octanol–water partition coefficient (Wildman–Crippen LogP) is 5.90. The van der Waals surface area contributed by atoms with Crippen LogP contribution in [0.25, 0.3) is 22.3 Å². The highest BCUT2D eigenvalue weighted by atomic mass is 19.1. The molecule has 3 aromatic carbocycles. The summed E-state index contributed by atoms with van der Waals surface area (Å²) in [5.74, 6) is -1.55. The van der Waals surface area contributed by atoms with Crippen molar-refractivity contribution in [3.05, 3.63) is 112 Å². The van der Waals surface area contributed by atoms with Crippen molar-refractivity contribution in [2.24, 2.45) is 0 Å². The van der Waals surface area contributed by atoms with Crippen LogP contribution < -0.4 is 4.74 Å². The molecule has 2 aliphatic heterocycles. The van der Waals surface area contributed by atoms with Crippen LogP contribution in [-0.2, 0) is 42.2 Å². The number of hydrogen-bond donors (Lipinski definition) is 1. The molecule has 1 N–H and O–H groups in total. The van der Waals surface area contributed by atoms with Gasteiger partial charge in [-0.1, -0.05) is 24.3 Å². The molecule has 2 aromatic heterocycles. The second-order valence-electron chi connectivity index (χ2n) is 11.7. The molecule has 46 heavy (non-hydrogen) atoms. The van der Waals surface area contributed by atoms with Gasteiger partial charge in [0.05, 0.1) is 34.9 Å². The maximum Gasteiger partial charge on any atom is 0.335 e. The summed E-state index contributed by atoms with van der Waals surface area (Å²) in [5, 5.41) is 9.49. The average molecular weight is 625 g/mol. The molecule has 1 fully saturated rings. The standard InChI is InChI=1S/C35H30F2N4O5/c1-20(42)40-16-23-6-5-21(11-25(23)17-40)19-46-34-4-2-3-30(39-34)27-15-28(36)24(12-29(27)37)14-33-38-31-8-7-22(35(43)44)13-32(31)41(33)18-26-9-10-45-26/h2-8,11-13,15,26H,9-10,14,16-19H2,1H3,(H,43,44)/t26-/m0/s1. The van der Waals surface area contributed by atoms with Crippen LogP contribution in [0.1, 0.15) is 51.8 Å². The Morgan fingerprint density at radius 3 is 2.59 bits per heavy atom. The molecule has 0 unspecified atom stereocenters. The first-order valence-corrected chi connectivity index (χ1v) is 15.0. The third-order valence-electron chi connectivity index (χ3n) is 8.56. The van der Waals surface area contributed by atoms with Gasteiger partial charge in [-0.15, -0.1) is 0 Å². The van der Waals surface area contributed by atoms with Crippen molar-refractivity contribution >= 4 is 22.9 Å². The molecule has 1 atom stereocenters. The fourth-order valence-corrected chi connectivity index (χ4v) is 5.93. The summed E-state index contributed by atoms with van der Waals surface area (Å²) in [6.45, 7) is 4.01. The molecule has 2 aliphatic rings. The molecule has 11 heteroatoms. The van der Waals surface area contributed by atoms with E-state index in [-0.39, 0.29) is 53.3 Å². The Bertz CT molecular complexity index is 2010. The molecule has 0 saturated carbocycles.